The zero-order valence-electron chi connectivity index (χ0n) is 13.3. The fraction of sp³-hybridized carbons (Fsp3) is 0.684. The van der Waals surface area contributed by atoms with Gasteiger partial charge in [-0.1, -0.05) is 42.7 Å². The second-order valence-corrected chi connectivity index (χ2v) is 7.01. The van der Waals surface area contributed by atoms with Crippen LogP contribution in [-0.4, -0.2) is 29.1 Å². The molecule has 0 amide bonds. The summed E-state index contributed by atoms with van der Waals surface area (Å²) >= 11 is 0. The van der Waals surface area contributed by atoms with Crippen LogP contribution in [0.15, 0.2) is 24.3 Å². The first kappa shape index (κ1) is 15.1. The standard InChI is InChI=1S/C19H29NO/c1-15-6-4-8-17(14-15)19(21)11-13-20-12-5-9-16-7-2-3-10-18(16)20/h4,6,8,14,16,18-19,21H,2-3,5,7,9-13H2,1H3/t16-,18-,19?/m1/s1. The van der Waals surface area contributed by atoms with Crippen LogP contribution in [0.3, 0.4) is 0 Å². The van der Waals surface area contributed by atoms with Crippen LogP contribution in [-0.2, 0) is 0 Å². The fourth-order valence-electron chi connectivity index (χ4n) is 4.34. The van der Waals surface area contributed by atoms with Gasteiger partial charge < -0.3 is 10.0 Å². The Morgan fingerprint density at radius 3 is 2.86 bits per heavy atom. The van der Waals surface area contributed by atoms with E-state index in [-0.39, 0.29) is 6.10 Å². The Hall–Kier alpha value is -0.860. The van der Waals surface area contributed by atoms with E-state index in [9.17, 15) is 5.11 Å². The van der Waals surface area contributed by atoms with Crippen LogP contribution in [0.2, 0.25) is 0 Å². The van der Waals surface area contributed by atoms with Crippen LogP contribution >= 0.6 is 0 Å². The molecule has 2 nitrogen and oxygen atoms in total. The first-order valence-corrected chi connectivity index (χ1v) is 8.73. The predicted molar refractivity (Wildman–Crippen MR) is 87.3 cm³/mol. The van der Waals surface area contributed by atoms with Crippen molar-refractivity contribution in [2.24, 2.45) is 5.92 Å². The molecule has 1 unspecified atom stereocenters. The fourth-order valence-corrected chi connectivity index (χ4v) is 4.34. The normalized spacial score (nSPS) is 28.1. The van der Waals surface area contributed by atoms with E-state index >= 15 is 0 Å². The monoisotopic (exact) mass is 287 g/mol. The van der Waals surface area contributed by atoms with Crippen LogP contribution in [0.25, 0.3) is 0 Å². The van der Waals surface area contributed by atoms with E-state index in [0.29, 0.717) is 0 Å². The smallest absolute Gasteiger partial charge is 0.0802 e. The number of aliphatic hydroxyl groups excluding tert-OH is 1. The number of nitrogens with zero attached hydrogens (tertiary/aromatic N) is 1. The maximum atomic E-state index is 10.4. The van der Waals surface area contributed by atoms with Crippen LogP contribution in [0.4, 0.5) is 0 Å². The van der Waals surface area contributed by atoms with Gasteiger partial charge in [-0.25, -0.2) is 0 Å². The highest BCUT2D eigenvalue weighted by Gasteiger charge is 2.32. The molecule has 0 spiro atoms. The number of hydrogen-bond donors (Lipinski definition) is 1. The molecule has 3 atom stereocenters. The quantitative estimate of drug-likeness (QED) is 0.902. The van der Waals surface area contributed by atoms with Crippen molar-refractivity contribution < 1.29 is 5.11 Å². The second kappa shape index (κ2) is 6.93. The minimum atomic E-state index is -0.311. The van der Waals surface area contributed by atoms with Crippen LogP contribution in [0, 0.1) is 12.8 Å². The van der Waals surface area contributed by atoms with Gasteiger partial charge in [0.05, 0.1) is 6.10 Å². The number of benzene rings is 1. The van der Waals surface area contributed by atoms with Crippen LogP contribution in [0.1, 0.15) is 62.2 Å². The first-order chi connectivity index (χ1) is 10.2. The molecule has 2 fully saturated rings. The molecule has 3 rings (SSSR count). The van der Waals surface area contributed by atoms with E-state index < -0.39 is 0 Å². The third-order valence-corrected chi connectivity index (χ3v) is 5.47. The number of likely N-dealkylation sites (tertiary alicyclic amines) is 1. The Morgan fingerprint density at radius 1 is 1.19 bits per heavy atom. The molecule has 0 bridgehead atoms. The van der Waals surface area contributed by atoms with E-state index in [2.05, 4.69) is 30.0 Å². The van der Waals surface area contributed by atoms with Crippen molar-refractivity contribution in [1.82, 2.24) is 4.90 Å². The summed E-state index contributed by atoms with van der Waals surface area (Å²) in [6, 6.07) is 9.11. The Labute approximate surface area is 129 Å². The van der Waals surface area contributed by atoms with Crippen LogP contribution in [0.5, 0.6) is 0 Å². The second-order valence-electron chi connectivity index (χ2n) is 7.01. The highest BCUT2D eigenvalue weighted by Crippen LogP contribution is 2.35. The average Bonchev–Trinajstić information content (AvgIpc) is 2.52. The summed E-state index contributed by atoms with van der Waals surface area (Å²) in [6.07, 6.45) is 8.98. The lowest BCUT2D eigenvalue weighted by atomic mass is 9.78. The van der Waals surface area contributed by atoms with Crippen molar-refractivity contribution in [2.45, 2.75) is 64.0 Å². The largest absolute Gasteiger partial charge is 0.388 e. The SMILES string of the molecule is Cc1cccc(C(O)CCN2CCC[C@H]3CCCC[C@H]32)c1. The summed E-state index contributed by atoms with van der Waals surface area (Å²) in [5.74, 6) is 0.934. The molecule has 0 aromatic heterocycles. The molecule has 1 aromatic rings. The van der Waals surface area contributed by atoms with Gasteiger partial charge in [0.2, 0.25) is 0 Å². The molecule has 1 saturated carbocycles. The van der Waals surface area contributed by atoms with E-state index in [4.69, 9.17) is 0 Å². The molecule has 2 heteroatoms. The Morgan fingerprint density at radius 2 is 2.00 bits per heavy atom. The summed E-state index contributed by atoms with van der Waals surface area (Å²) in [4.78, 5) is 2.67. The van der Waals surface area contributed by atoms with Gasteiger partial charge in [0, 0.05) is 12.6 Å². The Bertz CT molecular complexity index is 457. The van der Waals surface area contributed by atoms with E-state index in [1.807, 2.05) is 6.07 Å². The van der Waals surface area contributed by atoms with Crippen molar-refractivity contribution in [3.05, 3.63) is 35.4 Å². The molecular weight excluding hydrogens is 258 g/mol. The molecule has 1 N–H and O–H groups in total. The molecule has 21 heavy (non-hydrogen) atoms. The summed E-state index contributed by atoms with van der Waals surface area (Å²) in [5, 5.41) is 10.4. The van der Waals surface area contributed by atoms with Gasteiger partial charge in [-0.15, -0.1) is 0 Å². The predicted octanol–water partition coefficient (Wildman–Crippen LogP) is 4.07. The zero-order chi connectivity index (χ0) is 14.7. The Kier molecular flexibility index (Phi) is 4.97. The van der Waals surface area contributed by atoms with Crippen molar-refractivity contribution in [3.63, 3.8) is 0 Å². The van der Waals surface area contributed by atoms with Gasteiger partial charge in [-0.2, -0.15) is 0 Å². The minimum Gasteiger partial charge on any atom is -0.388 e. The van der Waals surface area contributed by atoms with Gasteiger partial charge >= 0.3 is 0 Å². The number of hydrogen-bond acceptors (Lipinski definition) is 2. The molecule has 116 valence electrons. The van der Waals surface area contributed by atoms with Crippen molar-refractivity contribution in [3.8, 4) is 0 Å². The highest BCUT2D eigenvalue weighted by molar-refractivity contribution is 5.23. The van der Waals surface area contributed by atoms with E-state index in [1.54, 1.807) is 0 Å². The number of aliphatic hydroxyl groups is 1. The van der Waals surface area contributed by atoms with Crippen molar-refractivity contribution in [2.75, 3.05) is 13.1 Å². The summed E-state index contributed by atoms with van der Waals surface area (Å²) in [5.41, 5.74) is 2.31. The highest BCUT2D eigenvalue weighted by atomic mass is 16.3. The molecule has 0 radical (unpaired) electrons. The van der Waals surface area contributed by atoms with E-state index in [0.717, 1.165) is 30.5 Å². The van der Waals surface area contributed by atoms with Gasteiger partial charge in [-0.3, -0.25) is 0 Å². The molecule has 2 aliphatic rings. The van der Waals surface area contributed by atoms with Crippen LogP contribution < -0.4 is 0 Å². The molecule has 1 heterocycles. The molecule has 1 aromatic carbocycles. The number of fused-ring (bicyclic) bond motifs is 1. The molecule has 1 saturated heterocycles. The number of piperidine rings is 1. The van der Waals surface area contributed by atoms with Gasteiger partial charge in [0.25, 0.3) is 0 Å². The summed E-state index contributed by atoms with van der Waals surface area (Å²) in [6.45, 7) is 4.38. The lowest BCUT2D eigenvalue weighted by Crippen LogP contribution is -2.47. The summed E-state index contributed by atoms with van der Waals surface area (Å²) in [7, 11) is 0. The van der Waals surface area contributed by atoms with E-state index in [1.165, 1.54) is 50.6 Å². The van der Waals surface area contributed by atoms with Crippen molar-refractivity contribution >= 4 is 0 Å². The first-order valence-electron chi connectivity index (χ1n) is 8.73. The number of aryl methyl sites for hydroxylation is 1. The molecular formula is C19H29NO. The topological polar surface area (TPSA) is 23.5 Å². The molecule has 1 aliphatic carbocycles. The number of rotatable bonds is 4. The maximum absolute atomic E-state index is 10.4. The Balaban J connectivity index is 1.56. The zero-order valence-corrected chi connectivity index (χ0v) is 13.3. The third-order valence-electron chi connectivity index (χ3n) is 5.47. The lowest BCUT2D eigenvalue weighted by molar-refractivity contribution is 0.0456. The maximum Gasteiger partial charge on any atom is 0.0802 e. The third kappa shape index (κ3) is 3.67. The van der Waals surface area contributed by atoms with Gasteiger partial charge in [-0.05, 0) is 57.1 Å². The molecule has 1 aliphatic heterocycles. The van der Waals surface area contributed by atoms with Gasteiger partial charge in [0.1, 0.15) is 0 Å². The van der Waals surface area contributed by atoms with Crippen molar-refractivity contribution in [1.29, 1.82) is 0 Å². The minimum absolute atomic E-state index is 0.311. The van der Waals surface area contributed by atoms with Gasteiger partial charge in [0.15, 0.2) is 0 Å². The lowest BCUT2D eigenvalue weighted by Gasteiger charge is -2.44. The summed E-state index contributed by atoms with van der Waals surface area (Å²) < 4.78 is 0. The average molecular weight is 287 g/mol.